The van der Waals surface area contributed by atoms with Gasteiger partial charge in [-0.1, -0.05) is 42.5 Å². The Kier molecular flexibility index (Phi) is 4.02. The summed E-state index contributed by atoms with van der Waals surface area (Å²) in [4.78, 5) is 38.0. The minimum atomic E-state index is -0.358. The van der Waals surface area contributed by atoms with Crippen molar-refractivity contribution in [3.05, 3.63) is 89.0 Å². The maximum absolute atomic E-state index is 12.8. The third-order valence-corrected chi connectivity index (χ3v) is 5.32. The zero-order valence-corrected chi connectivity index (χ0v) is 15.6. The number of fused-ring (bicyclic) bond motifs is 3. The van der Waals surface area contributed by atoms with Crippen LogP contribution in [0.2, 0.25) is 0 Å². The summed E-state index contributed by atoms with van der Waals surface area (Å²) >= 11 is 0. The van der Waals surface area contributed by atoms with Gasteiger partial charge in [-0.05, 0) is 48.2 Å². The molecule has 0 aliphatic heterocycles. The third kappa shape index (κ3) is 3.10. The number of hydrogen-bond donors (Lipinski definition) is 2. The topological polar surface area (TPSA) is 75.3 Å². The second kappa shape index (κ2) is 6.71. The Bertz CT molecular complexity index is 1180. The fourth-order valence-electron chi connectivity index (χ4n) is 3.64. The standard InChI is InChI=1S/C24H18N2O3/c27-22-18-6-2-1-5-16(18)17-12-9-14(13-20(17)22)23(28)26-21-8-4-3-7-19(21)24(29)25-15-10-11-15/h1-9,12-13,15H,10-11H2,(H,25,29)(H,26,28). The van der Waals surface area contributed by atoms with Gasteiger partial charge in [0.15, 0.2) is 5.78 Å². The van der Waals surface area contributed by atoms with E-state index in [1.54, 1.807) is 48.5 Å². The molecule has 2 aliphatic rings. The van der Waals surface area contributed by atoms with Crippen LogP contribution in [0.4, 0.5) is 5.69 Å². The summed E-state index contributed by atoms with van der Waals surface area (Å²) in [6, 6.07) is 19.7. The van der Waals surface area contributed by atoms with E-state index in [0.717, 1.165) is 24.0 Å². The highest BCUT2D eigenvalue weighted by molar-refractivity contribution is 6.22. The minimum Gasteiger partial charge on any atom is -0.349 e. The third-order valence-electron chi connectivity index (χ3n) is 5.32. The van der Waals surface area contributed by atoms with E-state index in [9.17, 15) is 14.4 Å². The van der Waals surface area contributed by atoms with Gasteiger partial charge in [0.25, 0.3) is 11.8 Å². The van der Waals surface area contributed by atoms with Gasteiger partial charge in [-0.2, -0.15) is 0 Å². The molecule has 3 aromatic carbocycles. The molecule has 5 rings (SSSR count). The van der Waals surface area contributed by atoms with Gasteiger partial charge in [0.1, 0.15) is 0 Å². The molecule has 0 saturated heterocycles. The average Bonchev–Trinajstić information content (AvgIpc) is 3.52. The maximum atomic E-state index is 12.8. The molecule has 2 amide bonds. The molecule has 0 radical (unpaired) electrons. The number of ketones is 1. The van der Waals surface area contributed by atoms with Gasteiger partial charge in [0.05, 0.1) is 11.3 Å². The summed E-state index contributed by atoms with van der Waals surface area (Å²) in [6.45, 7) is 0. The van der Waals surface area contributed by atoms with Gasteiger partial charge in [0, 0.05) is 22.7 Å². The molecule has 0 atom stereocenters. The number of benzene rings is 3. The van der Waals surface area contributed by atoms with Crippen LogP contribution in [0, 0.1) is 0 Å². The van der Waals surface area contributed by atoms with Crippen LogP contribution in [-0.4, -0.2) is 23.6 Å². The molecule has 0 heterocycles. The molecule has 5 heteroatoms. The molecule has 2 aliphatic carbocycles. The Morgan fingerprint density at radius 1 is 0.759 bits per heavy atom. The lowest BCUT2D eigenvalue weighted by Gasteiger charge is -2.11. The highest BCUT2D eigenvalue weighted by atomic mass is 16.2. The zero-order valence-electron chi connectivity index (χ0n) is 15.6. The van der Waals surface area contributed by atoms with Crippen LogP contribution < -0.4 is 10.6 Å². The van der Waals surface area contributed by atoms with Gasteiger partial charge >= 0.3 is 0 Å². The van der Waals surface area contributed by atoms with Crippen LogP contribution in [0.25, 0.3) is 11.1 Å². The first-order valence-electron chi connectivity index (χ1n) is 9.61. The van der Waals surface area contributed by atoms with E-state index in [-0.39, 0.29) is 23.6 Å². The smallest absolute Gasteiger partial charge is 0.255 e. The summed E-state index contributed by atoms with van der Waals surface area (Å²) in [5, 5.41) is 5.76. The summed E-state index contributed by atoms with van der Waals surface area (Å²) in [5.74, 6) is -0.624. The molecule has 5 nitrogen and oxygen atoms in total. The monoisotopic (exact) mass is 382 g/mol. The van der Waals surface area contributed by atoms with Crippen molar-refractivity contribution in [2.24, 2.45) is 0 Å². The van der Waals surface area contributed by atoms with Crippen molar-refractivity contribution in [1.82, 2.24) is 5.32 Å². The molecular formula is C24H18N2O3. The van der Waals surface area contributed by atoms with Crippen LogP contribution in [0.15, 0.2) is 66.7 Å². The van der Waals surface area contributed by atoms with Crippen molar-refractivity contribution >= 4 is 23.3 Å². The lowest BCUT2D eigenvalue weighted by Crippen LogP contribution is -2.27. The van der Waals surface area contributed by atoms with Gasteiger partial charge in [0.2, 0.25) is 0 Å². The summed E-state index contributed by atoms with van der Waals surface area (Å²) < 4.78 is 0. The molecule has 1 saturated carbocycles. The van der Waals surface area contributed by atoms with Crippen LogP contribution in [0.5, 0.6) is 0 Å². The molecule has 1 fully saturated rings. The first-order valence-corrected chi connectivity index (χ1v) is 9.61. The van der Waals surface area contributed by atoms with Crippen molar-refractivity contribution in [3.8, 4) is 11.1 Å². The number of carbonyl (C=O) groups excluding carboxylic acids is 3. The van der Waals surface area contributed by atoms with E-state index < -0.39 is 0 Å². The number of hydrogen-bond acceptors (Lipinski definition) is 3. The number of carbonyl (C=O) groups is 3. The van der Waals surface area contributed by atoms with Gasteiger partial charge in [-0.3, -0.25) is 14.4 Å². The number of para-hydroxylation sites is 1. The second-order valence-corrected chi connectivity index (χ2v) is 7.38. The van der Waals surface area contributed by atoms with E-state index in [0.29, 0.717) is 27.9 Å². The Hall–Kier alpha value is -3.73. The van der Waals surface area contributed by atoms with E-state index in [4.69, 9.17) is 0 Å². The molecule has 0 bridgehead atoms. The SMILES string of the molecule is O=C(Nc1ccccc1C(=O)NC1CC1)c1ccc2c(c1)C(=O)c1ccccc1-2. The van der Waals surface area contributed by atoms with E-state index in [1.807, 2.05) is 18.2 Å². The Labute approximate surface area is 167 Å². The minimum absolute atomic E-state index is 0.0746. The van der Waals surface area contributed by atoms with Crippen LogP contribution in [0.3, 0.4) is 0 Å². The Morgan fingerprint density at radius 3 is 2.24 bits per heavy atom. The normalized spacial score (nSPS) is 14.1. The number of nitrogens with one attached hydrogen (secondary N) is 2. The van der Waals surface area contributed by atoms with Gasteiger partial charge < -0.3 is 10.6 Å². The molecule has 0 spiro atoms. The molecule has 0 unspecified atom stereocenters. The number of rotatable bonds is 4. The predicted molar refractivity (Wildman–Crippen MR) is 110 cm³/mol. The molecule has 2 N–H and O–H groups in total. The largest absolute Gasteiger partial charge is 0.349 e. The van der Waals surface area contributed by atoms with Gasteiger partial charge in [-0.15, -0.1) is 0 Å². The fraction of sp³-hybridized carbons (Fsp3) is 0.125. The van der Waals surface area contributed by atoms with Crippen LogP contribution >= 0.6 is 0 Å². The van der Waals surface area contributed by atoms with Crippen molar-refractivity contribution < 1.29 is 14.4 Å². The van der Waals surface area contributed by atoms with Crippen molar-refractivity contribution in [1.29, 1.82) is 0 Å². The lowest BCUT2D eigenvalue weighted by atomic mass is 10.0. The highest BCUT2D eigenvalue weighted by Crippen LogP contribution is 2.36. The average molecular weight is 382 g/mol. The van der Waals surface area contributed by atoms with Crippen molar-refractivity contribution in [2.75, 3.05) is 5.32 Å². The predicted octanol–water partition coefficient (Wildman–Crippen LogP) is 4.04. The highest BCUT2D eigenvalue weighted by Gasteiger charge is 2.28. The molecular weight excluding hydrogens is 364 g/mol. The van der Waals surface area contributed by atoms with Crippen LogP contribution in [0.1, 0.15) is 49.5 Å². The summed E-state index contributed by atoms with van der Waals surface area (Å²) in [7, 11) is 0. The first-order chi connectivity index (χ1) is 14.1. The Balaban J connectivity index is 1.42. The van der Waals surface area contributed by atoms with Crippen LogP contribution in [-0.2, 0) is 0 Å². The maximum Gasteiger partial charge on any atom is 0.255 e. The molecule has 29 heavy (non-hydrogen) atoms. The lowest BCUT2D eigenvalue weighted by molar-refractivity contribution is 0.0951. The fourth-order valence-corrected chi connectivity index (χ4v) is 3.64. The molecule has 142 valence electrons. The summed E-state index contributed by atoms with van der Waals surface area (Å²) in [6.07, 6.45) is 1.98. The molecule has 0 aromatic heterocycles. The quantitative estimate of drug-likeness (QED) is 0.559. The number of anilines is 1. The zero-order chi connectivity index (χ0) is 20.0. The first kappa shape index (κ1) is 17.4. The summed E-state index contributed by atoms with van der Waals surface area (Å²) in [5.41, 5.74) is 4.17. The Morgan fingerprint density at radius 2 is 1.45 bits per heavy atom. The van der Waals surface area contributed by atoms with Crippen molar-refractivity contribution in [2.45, 2.75) is 18.9 Å². The molecule has 3 aromatic rings. The van der Waals surface area contributed by atoms with Gasteiger partial charge in [-0.25, -0.2) is 0 Å². The second-order valence-electron chi connectivity index (χ2n) is 7.38. The number of amides is 2. The van der Waals surface area contributed by atoms with E-state index in [2.05, 4.69) is 10.6 Å². The van der Waals surface area contributed by atoms with Crippen molar-refractivity contribution in [3.63, 3.8) is 0 Å². The van der Waals surface area contributed by atoms with E-state index in [1.165, 1.54) is 0 Å². The van der Waals surface area contributed by atoms with E-state index >= 15 is 0 Å².